The van der Waals surface area contributed by atoms with Gasteiger partial charge in [-0.3, -0.25) is 0 Å². The van der Waals surface area contributed by atoms with E-state index in [1.165, 1.54) is 19.3 Å². The van der Waals surface area contributed by atoms with Crippen molar-refractivity contribution in [3.8, 4) is 0 Å². The molecule has 0 spiro atoms. The number of hydrogen-bond donors (Lipinski definition) is 1. The van der Waals surface area contributed by atoms with Gasteiger partial charge in [-0.05, 0) is 43.7 Å². The summed E-state index contributed by atoms with van der Waals surface area (Å²) in [5.41, 5.74) is 0.772. The molecule has 0 radical (unpaired) electrons. The van der Waals surface area contributed by atoms with Crippen molar-refractivity contribution in [2.75, 3.05) is 11.1 Å². The van der Waals surface area contributed by atoms with Gasteiger partial charge in [0.2, 0.25) is 0 Å². The Morgan fingerprint density at radius 2 is 1.75 bits per heavy atom. The highest BCUT2D eigenvalue weighted by atomic mass is 32.2. The minimum absolute atomic E-state index is 0.147. The van der Waals surface area contributed by atoms with E-state index in [1.54, 1.807) is 19.1 Å². The molecule has 0 saturated heterocycles. The topological polar surface area (TPSA) is 46.2 Å². The molecule has 1 aliphatic carbocycles. The molecule has 0 unspecified atom stereocenters. The van der Waals surface area contributed by atoms with Gasteiger partial charge in [0.15, 0.2) is 9.84 Å². The lowest BCUT2D eigenvalue weighted by Crippen LogP contribution is -2.26. The Kier molecular flexibility index (Phi) is 5.08. The molecule has 3 nitrogen and oxygen atoms in total. The van der Waals surface area contributed by atoms with Crippen molar-refractivity contribution in [2.24, 2.45) is 5.92 Å². The van der Waals surface area contributed by atoms with Gasteiger partial charge in [0.25, 0.3) is 0 Å². The van der Waals surface area contributed by atoms with Crippen LogP contribution in [0.5, 0.6) is 0 Å². The van der Waals surface area contributed by atoms with Crippen LogP contribution in [0.2, 0.25) is 0 Å². The number of sulfone groups is 1. The molecule has 4 heteroatoms. The Hall–Kier alpha value is -1.03. The normalized spacial score (nSPS) is 23.5. The highest BCUT2D eigenvalue weighted by Crippen LogP contribution is 2.30. The summed E-state index contributed by atoms with van der Waals surface area (Å²) in [6, 6.07) is 7.69. The highest BCUT2D eigenvalue weighted by Gasteiger charge is 2.22. The third-order valence-corrected chi connectivity index (χ3v) is 6.17. The van der Waals surface area contributed by atoms with Crippen LogP contribution in [0.15, 0.2) is 29.2 Å². The summed E-state index contributed by atoms with van der Waals surface area (Å²) in [5, 5.41) is 3.46. The Bertz CT molecular complexity index is 531. The molecule has 0 amide bonds. The van der Waals surface area contributed by atoms with Gasteiger partial charge in [0, 0.05) is 6.04 Å². The summed E-state index contributed by atoms with van der Waals surface area (Å²) in [4.78, 5) is 0.445. The van der Waals surface area contributed by atoms with E-state index in [0.717, 1.165) is 24.4 Å². The zero-order valence-corrected chi connectivity index (χ0v) is 13.2. The summed E-state index contributed by atoms with van der Waals surface area (Å²) >= 11 is 0. The van der Waals surface area contributed by atoms with E-state index in [0.29, 0.717) is 10.9 Å². The molecule has 1 aromatic carbocycles. The van der Waals surface area contributed by atoms with Crippen molar-refractivity contribution in [3.05, 3.63) is 24.3 Å². The van der Waals surface area contributed by atoms with Crippen molar-refractivity contribution in [1.82, 2.24) is 0 Å². The van der Waals surface area contributed by atoms with Crippen LogP contribution in [0.25, 0.3) is 0 Å². The molecular formula is C16H25NO2S. The largest absolute Gasteiger partial charge is 0.381 e. The molecule has 1 N–H and O–H groups in total. The van der Waals surface area contributed by atoms with Gasteiger partial charge in [-0.25, -0.2) is 8.42 Å². The van der Waals surface area contributed by atoms with Gasteiger partial charge < -0.3 is 5.32 Å². The van der Waals surface area contributed by atoms with Crippen LogP contribution in [-0.4, -0.2) is 20.2 Å². The van der Waals surface area contributed by atoms with E-state index >= 15 is 0 Å². The zero-order valence-electron chi connectivity index (χ0n) is 12.4. The van der Waals surface area contributed by atoms with Crippen LogP contribution in [-0.2, 0) is 9.84 Å². The van der Waals surface area contributed by atoms with Crippen LogP contribution in [0.4, 0.5) is 5.69 Å². The first-order chi connectivity index (χ1) is 9.56. The highest BCUT2D eigenvalue weighted by molar-refractivity contribution is 7.91. The van der Waals surface area contributed by atoms with E-state index < -0.39 is 9.84 Å². The fourth-order valence-corrected chi connectivity index (χ4v) is 4.01. The quantitative estimate of drug-likeness (QED) is 0.897. The molecule has 112 valence electrons. The lowest BCUT2D eigenvalue weighted by molar-refractivity contribution is 0.330. The predicted molar refractivity (Wildman–Crippen MR) is 83.8 cm³/mol. The monoisotopic (exact) mass is 295 g/mol. The van der Waals surface area contributed by atoms with Crippen LogP contribution in [0.3, 0.4) is 0 Å². The van der Waals surface area contributed by atoms with Gasteiger partial charge in [0.05, 0.1) is 16.3 Å². The van der Waals surface area contributed by atoms with Crippen LogP contribution in [0.1, 0.15) is 46.0 Å². The number of para-hydroxylation sites is 1. The first kappa shape index (κ1) is 15.4. The number of anilines is 1. The molecule has 0 atom stereocenters. The maximum atomic E-state index is 12.1. The number of hydrogen-bond acceptors (Lipinski definition) is 3. The van der Waals surface area contributed by atoms with Crippen molar-refractivity contribution in [2.45, 2.75) is 56.9 Å². The van der Waals surface area contributed by atoms with E-state index in [-0.39, 0.29) is 5.75 Å². The Morgan fingerprint density at radius 1 is 1.10 bits per heavy atom. The van der Waals surface area contributed by atoms with Gasteiger partial charge in [-0.2, -0.15) is 0 Å². The summed E-state index contributed by atoms with van der Waals surface area (Å²) in [5.74, 6) is 0.997. The van der Waals surface area contributed by atoms with E-state index in [4.69, 9.17) is 0 Å². The Balaban J connectivity index is 2.11. The molecule has 1 saturated carbocycles. The lowest BCUT2D eigenvalue weighted by Gasteiger charge is -2.29. The second-order valence-corrected chi connectivity index (χ2v) is 7.92. The van der Waals surface area contributed by atoms with Gasteiger partial charge >= 0.3 is 0 Å². The smallest absolute Gasteiger partial charge is 0.180 e. The molecular weight excluding hydrogens is 270 g/mol. The summed E-state index contributed by atoms with van der Waals surface area (Å²) in [6.07, 6.45) is 6.03. The molecule has 0 heterocycles. The number of nitrogens with one attached hydrogen (secondary N) is 1. The Morgan fingerprint density at radius 3 is 2.35 bits per heavy atom. The van der Waals surface area contributed by atoms with Crippen LogP contribution >= 0.6 is 0 Å². The summed E-state index contributed by atoms with van der Waals surface area (Å²) in [7, 11) is -3.16. The van der Waals surface area contributed by atoms with Crippen LogP contribution < -0.4 is 5.32 Å². The van der Waals surface area contributed by atoms with Crippen molar-refractivity contribution < 1.29 is 8.42 Å². The van der Waals surface area contributed by atoms with Gasteiger partial charge in [-0.15, -0.1) is 0 Å². The molecule has 0 aliphatic heterocycles. The molecule has 20 heavy (non-hydrogen) atoms. The minimum Gasteiger partial charge on any atom is -0.381 e. The van der Waals surface area contributed by atoms with Crippen molar-refractivity contribution >= 4 is 15.5 Å². The maximum absolute atomic E-state index is 12.1. The first-order valence-electron chi connectivity index (χ1n) is 7.65. The first-order valence-corrected chi connectivity index (χ1v) is 9.30. The van der Waals surface area contributed by atoms with Crippen molar-refractivity contribution in [3.63, 3.8) is 0 Å². The van der Waals surface area contributed by atoms with Crippen LogP contribution in [0, 0.1) is 5.92 Å². The van der Waals surface area contributed by atoms with Crippen molar-refractivity contribution in [1.29, 1.82) is 0 Å². The van der Waals surface area contributed by atoms with E-state index in [2.05, 4.69) is 12.2 Å². The van der Waals surface area contributed by atoms with Gasteiger partial charge in [0.1, 0.15) is 0 Å². The summed E-state index contributed by atoms with van der Waals surface area (Å²) in [6.45, 7) is 3.94. The lowest BCUT2D eigenvalue weighted by atomic mass is 9.84. The Labute approximate surface area is 122 Å². The maximum Gasteiger partial charge on any atom is 0.180 e. The zero-order chi connectivity index (χ0) is 14.6. The molecule has 1 fully saturated rings. The second-order valence-electron chi connectivity index (χ2n) is 5.67. The molecule has 1 aliphatic rings. The fraction of sp³-hybridized carbons (Fsp3) is 0.625. The molecule has 0 bridgehead atoms. The summed E-state index contributed by atoms with van der Waals surface area (Å²) < 4.78 is 24.2. The molecule has 0 aromatic heterocycles. The minimum atomic E-state index is -3.16. The van der Waals surface area contributed by atoms with E-state index in [1.807, 2.05) is 12.1 Å². The standard InChI is InChI=1S/C16H25NO2S/c1-3-13-9-11-14(12-10-13)17-15-7-5-6-8-16(15)20(18,19)4-2/h5-8,13-14,17H,3-4,9-12H2,1-2H3. The molecule has 1 aromatic rings. The second kappa shape index (κ2) is 6.61. The average molecular weight is 295 g/mol. The van der Waals surface area contributed by atoms with E-state index in [9.17, 15) is 8.42 Å². The third-order valence-electron chi connectivity index (χ3n) is 4.39. The fourth-order valence-electron chi connectivity index (χ4n) is 2.95. The number of benzene rings is 1. The third kappa shape index (κ3) is 3.54. The predicted octanol–water partition coefficient (Wildman–Crippen LogP) is 3.86. The SMILES string of the molecule is CCC1CCC(Nc2ccccc2S(=O)(=O)CC)CC1. The number of rotatable bonds is 5. The average Bonchev–Trinajstić information content (AvgIpc) is 2.48. The van der Waals surface area contributed by atoms with Gasteiger partial charge in [-0.1, -0.05) is 32.4 Å². The molecule has 2 rings (SSSR count).